The smallest absolute Gasteiger partial charge is 0.255 e. The first-order chi connectivity index (χ1) is 15.3. The fourth-order valence-corrected chi connectivity index (χ4v) is 5.70. The first-order valence-electron chi connectivity index (χ1n) is 12.4. The normalized spacial score (nSPS) is 21.6. The number of likely N-dealkylation sites (tertiary alicyclic amines) is 1. The molecule has 1 amide bonds. The van der Waals surface area contributed by atoms with Crippen molar-refractivity contribution in [3.05, 3.63) is 35.9 Å². The van der Waals surface area contributed by atoms with Gasteiger partial charge >= 0.3 is 0 Å². The van der Waals surface area contributed by atoms with Crippen LogP contribution in [-0.2, 0) is 0 Å². The Morgan fingerprint density at radius 3 is 2.45 bits per heavy atom. The summed E-state index contributed by atoms with van der Waals surface area (Å²) in [6.07, 6.45) is 11.5. The van der Waals surface area contributed by atoms with E-state index in [1.807, 2.05) is 24.3 Å². The van der Waals surface area contributed by atoms with Crippen LogP contribution < -0.4 is 10.2 Å². The number of anilines is 1. The van der Waals surface area contributed by atoms with Crippen LogP contribution in [0.5, 0.6) is 0 Å². The van der Waals surface area contributed by atoms with Crippen molar-refractivity contribution < 1.29 is 4.79 Å². The van der Waals surface area contributed by atoms with Crippen LogP contribution in [-0.4, -0.2) is 54.6 Å². The zero-order valence-electron chi connectivity index (χ0n) is 18.7. The maximum Gasteiger partial charge on any atom is 0.255 e. The lowest BCUT2D eigenvalue weighted by Crippen LogP contribution is -2.46. The highest BCUT2D eigenvalue weighted by molar-refractivity contribution is 6.02. The molecule has 0 spiro atoms. The lowest BCUT2D eigenvalue weighted by atomic mass is 9.88. The molecule has 2 aromatic rings. The van der Waals surface area contributed by atoms with Crippen molar-refractivity contribution in [3.63, 3.8) is 0 Å². The van der Waals surface area contributed by atoms with Crippen molar-refractivity contribution in [1.82, 2.24) is 15.2 Å². The Kier molecular flexibility index (Phi) is 6.40. The Labute approximate surface area is 186 Å². The monoisotopic (exact) mass is 420 g/mol. The number of nitrogens with one attached hydrogen (secondary N) is 1. The van der Waals surface area contributed by atoms with Crippen molar-refractivity contribution >= 4 is 22.6 Å². The lowest BCUT2D eigenvalue weighted by Gasteiger charge is -2.35. The van der Waals surface area contributed by atoms with E-state index in [2.05, 4.69) is 21.2 Å². The Bertz CT molecular complexity index is 893. The average Bonchev–Trinajstić information content (AvgIpc) is 3.35. The van der Waals surface area contributed by atoms with E-state index in [-0.39, 0.29) is 11.9 Å². The molecule has 1 aliphatic carbocycles. The van der Waals surface area contributed by atoms with Gasteiger partial charge in [0, 0.05) is 44.2 Å². The largest absolute Gasteiger partial charge is 0.356 e. The third-order valence-electron chi connectivity index (χ3n) is 7.52. The van der Waals surface area contributed by atoms with Crippen molar-refractivity contribution in [3.8, 4) is 0 Å². The van der Waals surface area contributed by atoms with Crippen LogP contribution >= 0.6 is 0 Å². The molecule has 1 aromatic heterocycles. The summed E-state index contributed by atoms with van der Waals surface area (Å²) >= 11 is 0. The lowest BCUT2D eigenvalue weighted by molar-refractivity contribution is 0.0902. The molecule has 3 heterocycles. The van der Waals surface area contributed by atoms with Crippen molar-refractivity contribution in [2.75, 3.05) is 37.6 Å². The molecular formula is C26H36N4O. The van der Waals surface area contributed by atoms with Crippen LogP contribution in [0.25, 0.3) is 10.9 Å². The highest BCUT2D eigenvalue weighted by Crippen LogP contribution is 2.28. The number of para-hydroxylation sites is 1. The van der Waals surface area contributed by atoms with E-state index in [4.69, 9.17) is 4.98 Å². The predicted octanol–water partition coefficient (Wildman–Crippen LogP) is 4.61. The molecule has 31 heavy (non-hydrogen) atoms. The molecule has 5 nitrogen and oxygen atoms in total. The quantitative estimate of drug-likeness (QED) is 0.767. The summed E-state index contributed by atoms with van der Waals surface area (Å²) < 4.78 is 0. The van der Waals surface area contributed by atoms with E-state index in [1.54, 1.807) is 0 Å². The van der Waals surface area contributed by atoms with Gasteiger partial charge in [0.1, 0.15) is 5.82 Å². The molecule has 3 fully saturated rings. The summed E-state index contributed by atoms with van der Waals surface area (Å²) in [7, 11) is 0. The average molecular weight is 421 g/mol. The van der Waals surface area contributed by atoms with Crippen molar-refractivity contribution in [2.45, 2.75) is 63.8 Å². The number of hydrogen-bond donors (Lipinski definition) is 1. The molecule has 2 saturated heterocycles. The fourth-order valence-electron chi connectivity index (χ4n) is 5.70. The zero-order chi connectivity index (χ0) is 21.0. The number of carbonyl (C=O) groups excluding carboxylic acids is 1. The highest BCUT2D eigenvalue weighted by Gasteiger charge is 2.26. The van der Waals surface area contributed by atoms with Crippen molar-refractivity contribution in [1.29, 1.82) is 0 Å². The molecule has 166 valence electrons. The van der Waals surface area contributed by atoms with Gasteiger partial charge in [-0.05, 0) is 56.6 Å². The molecule has 5 rings (SSSR count). The molecular weight excluding hydrogens is 384 g/mol. The maximum atomic E-state index is 13.3. The number of aromatic nitrogens is 1. The third kappa shape index (κ3) is 4.87. The number of piperidine rings is 1. The Morgan fingerprint density at radius 1 is 0.935 bits per heavy atom. The summed E-state index contributed by atoms with van der Waals surface area (Å²) in [5.74, 6) is 1.81. The zero-order valence-corrected chi connectivity index (χ0v) is 18.7. The topological polar surface area (TPSA) is 48.5 Å². The predicted molar refractivity (Wildman–Crippen MR) is 127 cm³/mol. The van der Waals surface area contributed by atoms with Crippen LogP contribution in [0.3, 0.4) is 0 Å². The Balaban J connectivity index is 1.24. The van der Waals surface area contributed by atoms with Crippen LogP contribution in [0.2, 0.25) is 0 Å². The molecule has 0 unspecified atom stereocenters. The van der Waals surface area contributed by atoms with Crippen LogP contribution in [0.4, 0.5) is 5.82 Å². The van der Waals surface area contributed by atoms with Gasteiger partial charge in [0.2, 0.25) is 0 Å². The second kappa shape index (κ2) is 9.56. The van der Waals surface area contributed by atoms with Gasteiger partial charge in [-0.2, -0.15) is 0 Å². The molecule has 3 aliphatic rings. The first-order valence-corrected chi connectivity index (χ1v) is 12.4. The van der Waals surface area contributed by atoms with Gasteiger partial charge in [0.05, 0.1) is 11.1 Å². The van der Waals surface area contributed by atoms with Gasteiger partial charge in [0.25, 0.3) is 5.91 Å². The summed E-state index contributed by atoms with van der Waals surface area (Å²) in [6.45, 7) is 5.46. The number of benzene rings is 1. The van der Waals surface area contributed by atoms with Crippen LogP contribution in [0.1, 0.15) is 68.1 Å². The standard InChI is InChI=1S/C26H36N4O/c31-26(27-22-12-16-29(17-13-22)19-20-8-2-1-3-9-20)23-18-21-10-4-5-11-24(21)28-25(23)30-14-6-7-15-30/h4-5,10-11,18,20,22H,1-3,6-9,12-17,19H2,(H,27,31). The fraction of sp³-hybridized carbons (Fsp3) is 0.615. The maximum absolute atomic E-state index is 13.3. The number of amides is 1. The molecule has 0 atom stereocenters. The molecule has 1 aromatic carbocycles. The molecule has 0 radical (unpaired) electrons. The van der Waals surface area contributed by atoms with Gasteiger partial charge < -0.3 is 15.1 Å². The van der Waals surface area contributed by atoms with E-state index >= 15 is 0 Å². The van der Waals surface area contributed by atoms with E-state index in [0.29, 0.717) is 0 Å². The van der Waals surface area contributed by atoms with Gasteiger partial charge in [0.15, 0.2) is 0 Å². The second-order valence-electron chi connectivity index (χ2n) is 9.80. The molecule has 0 bridgehead atoms. The van der Waals surface area contributed by atoms with Gasteiger partial charge in [-0.25, -0.2) is 4.98 Å². The highest BCUT2D eigenvalue weighted by atomic mass is 16.1. The summed E-state index contributed by atoms with van der Waals surface area (Å²) in [4.78, 5) is 23.2. The molecule has 2 aliphatic heterocycles. The minimum atomic E-state index is 0.0471. The summed E-state index contributed by atoms with van der Waals surface area (Å²) in [5, 5.41) is 4.40. The van der Waals surface area contributed by atoms with Gasteiger partial charge in [-0.1, -0.05) is 37.5 Å². The number of carbonyl (C=O) groups is 1. The van der Waals surface area contributed by atoms with Crippen LogP contribution in [0.15, 0.2) is 30.3 Å². The first kappa shape index (κ1) is 20.7. The molecule has 1 saturated carbocycles. The number of hydrogen-bond acceptors (Lipinski definition) is 4. The van der Waals surface area contributed by atoms with Crippen LogP contribution in [0, 0.1) is 5.92 Å². The van der Waals surface area contributed by atoms with E-state index in [9.17, 15) is 4.79 Å². The van der Waals surface area contributed by atoms with E-state index in [0.717, 1.165) is 67.2 Å². The number of pyridine rings is 1. The number of nitrogens with zero attached hydrogens (tertiary/aromatic N) is 3. The summed E-state index contributed by atoms with van der Waals surface area (Å²) in [5.41, 5.74) is 1.71. The molecule has 1 N–H and O–H groups in total. The number of rotatable bonds is 5. The summed E-state index contributed by atoms with van der Waals surface area (Å²) in [6, 6.07) is 10.4. The Morgan fingerprint density at radius 2 is 1.68 bits per heavy atom. The van der Waals surface area contributed by atoms with Crippen molar-refractivity contribution in [2.24, 2.45) is 5.92 Å². The van der Waals surface area contributed by atoms with Gasteiger partial charge in [-0.15, -0.1) is 0 Å². The SMILES string of the molecule is O=C(NC1CCN(CC2CCCCC2)CC1)c1cc2ccccc2nc1N1CCCC1. The third-order valence-corrected chi connectivity index (χ3v) is 7.52. The van der Waals surface area contributed by atoms with Gasteiger partial charge in [-0.3, -0.25) is 4.79 Å². The second-order valence-corrected chi connectivity index (χ2v) is 9.80. The minimum absolute atomic E-state index is 0.0471. The van der Waals surface area contributed by atoms with E-state index in [1.165, 1.54) is 51.5 Å². The number of fused-ring (bicyclic) bond motifs is 1. The Hall–Kier alpha value is -2.14. The molecule has 5 heteroatoms. The van der Waals surface area contributed by atoms with E-state index < -0.39 is 0 Å². The minimum Gasteiger partial charge on any atom is -0.356 e.